The molecule has 2 aliphatic heterocycles. The minimum Gasteiger partial charge on any atom is -0.340 e. The molecule has 1 amide bonds. The van der Waals surface area contributed by atoms with Crippen LogP contribution in [0.4, 0.5) is 0 Å². The first-order chi connectivity index (χ1) is 9.02. The van der Waals surface area contributed by atoms with E-state index in [1.807, 2.05) is 4.90 Å². The lowest BCUT2D eigenvalue weighted by atomic mass is 9.95. The van der Waals surface area contributed by atoms with Crippen molar-refractivity contribution in [3.8, 4) is 0 Å². The number of rotatable bonds is 3. The van der Waals surface area contributed by atoms with E-state index in [2.05, 4.69) is 6.92 Å². The summed E-state index contributed by atoms with van der Waals surface area (Å²) in [5, 5.41) is 0. The van der Waals surface area contributed by atoms with E-state index in [-0.39, 0.29) is 23.3 Å². The van der Waals surface area contributed by atoms with Crippen LogP contribution in [0.5, 0.6) is 0 Å². The molecule has 0 aliphatic carbocycles. The van der Waals surface area contributed by atoms with Crippen molar-refractivity contribution in [2.45, 2.75) is 57.9 Å². The molecule has 2 saturated heterocycles. The summed E-state index contributed by atoms with van der Waals surface area (Å²) in [6.45, 7) is 3.03. The van der Waals surface area contributed by atoms with Crippen LogP contribution >= 0.6 is 0 Å². The molecule has 2 fully saturated rings. The molecule has 2 aliphatic rings. The summed E-state index contributed by atoms with van der Waals surface area (Å²) in [6, 6.07) is 0.411. The molecule has 0 radical (unpaired) electrons. The smallest absolute Gasteiger partial charge is 0.223 e. The predicted molar refractivity (Wildman–Crippen MR) is 75.6 cm³/mol. The van der Waals surface area contributed by atoms with Crippen LogP contribution in [0.2, 0.25) is 0 Å². The van der Waals surface area contributed by atoms with Crippen molar-refractivity contribution < 1.29 is 13.2 Å². The van der Waals surface area contributed by atoms with E-state index < -0.39 is 9.84 Å². The normalized spacial score (nSPS) is 28.3. The zero-order chi connectivity index (χ0) is 13.9. The van der Waals surface area contributed by atoms with Gasteiger partial charge in [0, 0.05) is 19.0 Å². The van der Waals surface area contributed by atoms with Gasteiger partial charge in [-0.1, -0.05) is 6.92 Å². The summed E-state index contributed by atoms with van der Waals surface area (Å²) in [7, 11) is -2.82. The number of carbonyl (C=O) groups excluding carboxylic acids is 1. The molecule has 0 aromatic heterocycles. The number of carbonyl (C=O) groups is 1. The highest BCUT2D eigenvalue weighted by Gasteiger charge is 2.30. The average Bonchev–Trinajstić information content (AvgIpc) is 2.41. The highest BCUT2D eigenvalue weighted by Crippen LogP contribution is 2.26. The van der Waals surface area contributed by atoms with Crippen LogP contribution in [0.15, 0.2) is 0 Å². The zero-order valence-corrected chi connectivity index (χ0v) is 12.6. The molecular weight excluding hydrogens is 262 g/mol. The Balaban J connectivity index is 1.86. The van der Waals surface area contributed by atoms with Crippen LogP contribution in [0.25, 0.3) is 0 Å². The van der Waals surface area contributed by atoms with Gasteiger partial charge in [-0.3, -0.25) is 4.79 Å². The van der Waals surface area contributed by atoms with Crippen molar-refractivity contribution in [1.29, 1.82) is 0 Å². The van der Waals surface area contributed by atoms with E-state index in [0.717, 1.165) is 25.8 Å². The Hall–Kier alpha value is -0.580. The molecule has 1 atom stereocenters. The van der Waals surface area contributed by atoms with Gasteiger partial charge in [-0.2, -0.15) is 0 Å². The van der Waals surface area contributed by atoms with Gasteiger partial charge >= 0.3 is 0 Å². The lowest BCUT2D eigenvalue weighted by molar-refractivity contribution is -0.136. The van der Waals surface area contributed by atoms with E-state index in [4.69, 9.17) is 0 Å². The van der Waals surface area contributed by atoms with E-state index in [9.17, 15) is 13.2 Å². The maximum Gasteiger partial charge on any atom is 0.223 e. The van der Waals surface area contributed by atoms with Crippen molar-refractivity contribution in [2.24, 2.45) is 5.92 Å². The van der Waals surface area contributed by atoms with E-state index >= 15 is 0 Å². The van der Waals surface area contributed by atoms with E-state index in [0.29, 0.717) is 25.3 Å². The summed E-state index contributed by atoms with van der Waals surface area (Å²) in [4.78, 5) is 14.4. The van der Waals surface area contributed by atoms with Gasteiger partial charge in [0.1, 0.15) is 9.84 Å². The first-order valence-corrected chi connectivity index (χ1v) is 9.34. The van der Waals surface area contributed by atoms with Crippen molar-refractivity contribution in [2.75, 3.05) is 18.1 Å². The molecule has 0 spiro atoms. The van der Waals surface area contributed by atoms with Crippen molar-refractivity contribution in [3.63, 3.8) is 0 Å². The minimum atomic E-state index is -2.82. The fourth-order valence-corrected chi connectivity index (χ4v) is 4.85. The molecule has 2 rings (SSSR count). The second-order valence-corrected chi connectivity index (χ2v) is 8.25. The van der Waals surface area contributed by atoms with Gasteiger partial charge in [-0.15, -0.1) is 0 Å². The lowest BCUT2D eigenvalue weighted by Crippen LogP contribution is -2.44. The van der Waals surface area contributed by atoms with Crippen molar-refractivity contribution >= 4 is 15.7 Å². The van der Waals surface area contributed by atoms with Gasteiger partial charge in [0.15, 0.2) is 0 Å². The van der Waals surface area contributed by atoms with Crippen molar-refractivity contribution in [3.05, 3.63) is 0 Å². The zero-order valence-electron chi connectivity index (χ0n) is 11.8. The number of hydrogen-bond acceptors (Lipinski definition) is 3. The molecule has 0 saturated carbocycles. The maximum absolute atomic E-state index is 12.4. The number of amides is 1. The molecule has 0 aromatic rings. The van der Waals surface area contributed by atoms with Gasteiger partial charge < -0.3 is 4.90 Å². The van der Waals surface area contributed by atoms with Gasteiger partial charge in [-0.05, 0) is 44.4 Å². The fraction of sp³-hybridized carbons (Fsp3) is 0.929. The molecule has 0 bridgehead atoms. The topological polar surface area (TPSA) is 54.5 Å². The van der Waals surface area contributed by atoms with Crippen LogP contribution in [0.1, 0.15) is 51.9 Å². The highest BCUT2D eigenvalue weighted by molar-refractivity contribution is 7.91. The third kappa shape index (κ3) is 3.94. The second kappa shape index (κ2) is 6.25. The maximum atomic E-state index is 12.4. The third-order valence-corrected chi connectivity index (χ3v) is 6.27. The van der Waals surface area contributed by atoms with Crippen LogP contribution in [0.3, 0.4) is 0 Å². The molecule has 0 N–H and O–H groups in total. The average molecular weight is 287 g/mol. The first-order valence-electron chi connectivity index (χ1n) is 7.51. The Bertz CT molecular complexity index is 404. The van der Waals surface area contributed by atoms with Gasteiger partial charge in [0.2, 0.25) is 5.91 Å². The van der Waals surface area contributed by atoms with Crippen molar-refractivity contribution in [1.82, 2.24) is 4.90 Å². The van der Waals surface area contributed by atoms with E-state index in [1.165, 1.54) is 6.42 Å². The standard InChI is InChI=1S/C14H25NO3S/c1-2-13-5-3-4-8-15(13)14(16)11-12-6-9-19(17,18)10-7-12/h12-13H,2-11H2,1H3. The summed E-state index contributed by atoms with van der Waals surface area (Å²) in [5.41, 5.74) is 0. The molecule has 5 heteroatoms. The Morgan fingerprint density at radius 3 is 2.47 bits per heavy atom. The Labute approximate surface area is 116 Å². The number of nitrogens with zero attached hydrogens (tertiary/aromatic N) is 1. The largest absolute Gasteiger partial charge is 0.340 e. The minimum absolute atomic E-state index is 0.246. The molecule has 2 heterocycles. The number of hydrogen-bond donors (Lipinski definition) is 0. The van der Waals surface area contributed by atoms with Gasteiger partial charge in [0.25, 0.3) is 0 Å². The quantitative estimate of drug-likeness (QED) is 0.797. The number of likely N-dealkylation sites (tertiary alicyclic amines) is 1. The fourth-order valence-electron chi connectivity index (χ4n) is 3.26. The monoisotopic (exact) mass is 287 g/mol. The van der Waals surface area contributed by atoms with Crippen LogP contribution in [-0.4, -0.2) is 43.3 Å². The van der Waals surface area contributed by atoms with Crippen LogP contribution < -0.4 is 0 Å². The summed E-state index contributed by atoms with van der Waals surface area (Å²) < 4.78 is 22.8. The molecule has 110 valence electrons. The number of piperidine rings is 1. The summed E-state index contributed by atoms with van der Waals surface area (Å²) >= 11 is 0. The number of sulfone groups is 1. The van der Waals surface area contributed by atoms with Gasteiger partial charge in [-0.25, -0.2) is 8.42 Å². The Kier molecular flexibility index (Phi) is 4.87. The first kappa shape index (κ1) is 14.8. The van der Waals surface area contributed by atoms with E-state index in [1.54, 1.807) is 0 Å². The summed E-state index contributed by atoms with van der Waals surface area (Å²) in [6.07, 6.45) is 6.38. The molecule has 19 heavy (non-hydrogen) atoms. The summed E-state index contributed by atoms with van der Waals surface area (Å²) in [5.74, 6) is 1.05. The van der Waals surface area contributed by atoms with Crippen LogP contribution in [-0.2, 0) is 14.6 Å². The van der Waals surface area contributed by atoms with Gasteiger partial charge in [0.05, 0.1) is 11.5 Å². The Morgan fingerprint density at radius 1 is 1.16 bits per heavy atom. The second-order valence-electron chi connectivity index (χ2n) is 5.94. The molecular formula is C14H25NO3S. The van der Waals surface area contributed by atoms with Crippen LogP contribution in [0, 0.1) is 5.92 Å². The third-order valence-electron chi connectivity index (χ3n) is 4.56. The molecule has 4 nitrogen and oxygen atoms in total. The molecule has 1 unspecified atom stereocenters. The SMILES string of the molecule is CCC1CCCCN1C(=O)CC1CCS(=O)(=O)CC1. The molecule has 0 aromatic carbocycles. The lowest BCUT2D eigenvalue weighted by Gasteiger charge is -2.36. The Morgan fingerprint density at radius 2 is 1.84 bits per heavy atom. The highest BCUT2D eigenvalue weighted by atomic mass is 32.2. The predicted octanol–water partition coefficient (Wildman–Crippen LogP) is 1.99.